The van der Waals surface area contributed by atoms with Crippen LogP contribution in [0.25, 0.3) is 0 Å². The van der Waals surface area contributed by atoms with Crippen molar-refractivity contribution in [2.45, 2.75) is 24.8 Å². The molecule has 1 aromatic rings. The van der Waals surface area contributed by atoms with Crippen LogP contribution in [0.2, 0.25) is 0 Å². The zero-order chi connectivity index (χ0) is 14.3. The number of hydrogen-bond acceptors (Lipinski definition) is 2. The van der Waals surface area contributed by atoms with E-state index in [2.05, 4.69) is 11.9 Å². The van der Waals surface area contributed by atoms with E-state index in [1.54, 1.807) is 30.3 Å². The first-order valence-electron chi connectivity index (χ1n) is 5.83. The van der Waals surface area contributed by atoms with Crippen LogP contribution in [0.1, 0.15) is 12.0 Å². The Kier molecular flexibility index (Phi) is 5.48. The second-order valence-corrected chi connectivity index (χ2v) is 4.23. The van der Waals surface area contributed by atoms with Crippen LogP contribution >= 0.6 is 0 Å². The fraction of sp³-hybridized carbons (Fsp3) is 0.357. The summed E-state index contributed by atoms with van der Waals surface area (Å²) in [6, 6.07) is 7.57. The molecule has 5 heteroatoms. The Morgan fingerprint density at radius 1 is 1.47 bits per heavy atom. The first kappa shape index (κ1) is 15.1. The van der Waals surface area contributed by atoms with Gasteiger partial charge in [-0.05, 0) is 5.56 Å². The van der Waals surface area contributed by atoms with E-state index in [0.29, 0.717) is 12.0 Å². The van der Waals surface area contributed by atoms with E-state index in [4.69, 9.17) is 4.74 Å². The van der Waals surface area contributed by atoms with Gasteiger partial charge < -0.3 is 10.1 Å². The molecule has 3 nitrogen and oxygen atoms in total. The predicted octanol–water partition coefficient (Wildman–Crippen LogP) is 2.53. The summed E-state index contributed by atoms with van der Waals surface area (Å²) in [5.74, 6) is -2.84. The van der Waals surface area contributed by atoms with Gasteiger partial charge in [-0.15, -0.1) is 0 Å². The Bertz CT molecular complexity index is 421. The Morgan fingerprint density at radius 3 is 2.63 bits per heavy atom. The van der Waals surface area contributed by atoms with Crippen molar-refractivity contribution >= 4 is 6.41 Å². The van der Waals surface area contributed by atoms with Crippen LogP contribution in [0.15, 0.2) is 42.7 Å². The molecule has 0 aliphatic carbocycles. The van der Waals surface area contributed by atoms with E-state index in [9.17, 15) is 13.6 Å². The van der Waals surface area contributed by atoms with Crippen molar-refractivity contribution < 1.29 is 18.3 Å². The third-order valence-electron chi connectivity index (χ3n) is 2.73. The van der Waals surface area contributed by atoms with Gasteiger partial charge in [-0.2, -0.15) is 0 Å². The summed E-state index contributed by atoms with van der Waals surface area (Å²) in [5.41, 5.74) is 0.542. The van der Waals surface area contributed by atoms with E-state index < -0.39 is 18.4 Å². The highest BCUT2D eigenvalue weighted by Gasteiger charge is 2.34. The summed E-state index contributed by atoms with van der Waals surface area (Å²) in [6.07, 6.45) is -0.567. The minimum Gasteiger partial charge on any atom is -0.500 e. The molecular weight excluding hydrogens is 252 g/mol. The molecular formula is C14H17F2NO2. The van der Waals surface area contributed by atoms with E-state index >= 15 is 0 Å². The van der Waals surface area contributed by atoms with Crippen LogP contribution < -0.4 is 5.32 Å². The summed E-state index contributed by atoms with van der Waals surface area (Å²) in [6.45, 7) is 3.51. The molecule has 1 N–H and O–H groups in total. The number of ether oxygens (including phenoxy) is 1. The van der Waals surface area contributed by atoms with Crippen LogP contribution in [0.4, 0.5) is 8.78 Å². The lowest BCUT2D eigenvalue weighted by atomic mass is 10.00. The van der Waals surface area contributed by atoms with Crippen molar-refractivity contribution in [2.75, 3.05) is 7.11 Å². The number of alkyl halides is 2. The monoisotopic (exact) mass is 269 g/mol. The molecule has 1 rings (SSSR count). The maximum Gasteiger partial charge on any atom is 0.254 e. The van der Waals surface area contributed by atoms with Crippen LogP contribution in [0, 0.1) is 0 Å². The van der Waals surface area contributed by atoms with Crippen molar-refractivity contribution in [1.29, 1.82) is 0 Å². The first-order chi connectivity index (χ1) is 8.98. The van der Waals surface area contributed by atoms with Gasteiger partial charge in [-0.1, -0.05) is 36.9 Å². The maximum absolute atomic E-state index is 13.9. The summed E-state index contributed by atoms with van der Waals surface area (Å²) in [4.78, 5) is 10.4. The summed E-state index contributed by atoms with van der Waals surface area (Å²) < 4.78 is 32.7. The van der Waals surface area contributed by atoms with Crippen molar-refractivity contribution in [3.8, 4) is 0 Å². The third-order valence-corrected chi connectivity index (χ3v) is 2.73. The van der Waals surface area contributed by atoms with Gasteiger partial charge in [-0.3, -0.25) is 4.79 Å². The molecule has 0 aliphatic heterocycles. The minimum atomic E-state index is -2.95. The highest BCUT2D eigenvalue weighted by Crippen LogP contribution is 2.27. The van der Waals surface area contributed by atoms with Gasteiger partial charge in [0.15, 0.2) is 0 Å². The molecule has 19 heavy (non-hydrogen) atoms. The van der Waals surface area contributed by atoms with Crippen molar-refractivity contribution in [3.63, 3.8) is 0 Å². The van der Waals surface area contributed by atoms with Gasteiger partial charge in [0.1, 0.15) is 5.76 Å². The Labute approximate surface area is 111 Å². The fourth-order valence-electron chi connectivity index (χ4n) is 1.76. The van der Waals surface area contributed by atoms with Gasteiger partial charge in [-0.25, -0.2) is 8.78 Å². The number of methoxy groups -OCH3 is 1. The Morgan fingerprint density at radius 2 is 2.11 bits per heavy atom. The molecule has 104 valence electrons. The molecule has 1 aromatic carbocycles. The van der Waals surface area contributed by atoms with Gasteiger partial charge in [0.25, 0.3) is 5.92 Å². The Balaban J connectivity index is 2.70. The number of halogens is 2. The lowest BCUT2D eigenvalue weighted by Crippen LogP contribution is -2.37. The van der Waals surface area contributed by atoms with Crippen LogP contribution in [-0.4, -0.2) is 25.5 Å². The first-order valence-corrected chi connectivity index (χ1v) is 5.83. The SMILES string of the molecule is C=C(OC)C(CC(F)(F)Cc1ccccc1)NC=O. The topological polar surface area (TPSA) is 38.3 Å². The number of nitrogens with one attached hydrogen (secondary N) is 1. The molecule has 0 saturated carbocycles. The van der Waals surface area contributed by atoms with Crippen LogP contribution in [0.3, 0.4) is 0 Å². The molecule has 0 fully saturated rings. The van der Waals surface area contributed by atoms with Gasteiger partial charge in [0.2, 0.25) is 6.41 Å². The second-order valence-electron chi connectivity index (χ2n) is 4.23. The molecule has 0 aromatic heterocycles. The zero-order valence-corrected chi connectivity index (χ0v) is 10.7. The Hall–Kier alpha value is -1.91. The molecule has 1 amide bonds. The summed E-state index contributed by atoms with van der Waals surface area (Å²) in [7, 11) is 1.33. The molecule has 0 saturated heterocycles. The van der Waals surface area contributed by atoms with Crippen molar-refractivity contribution in [1.82, 2.24) is 5.32 Å². The lowest BCUT2D eigenvalue weighted by Gasteiger charge is -2.23. The molecule has 1 atom stereocenters. The molecule has 0 heterocycles. The molecule has 0 aliphatic rings. The third kappa shape index (κ3) is 5.07. The fourth-order valence-corrected chi connectivity index (χ4v) is 1.76. The molecule has 0 radical (unpaired) electrons. The highest BCUT2D eigenvalue weighted by molar-refractivity contribution is 5.47. The summed E-state index contributed by atoms with van der Waals surface area (Å²) >= 11 is 0. The standard InChI is InChI=1S/C14H17F2NO2/c1-11(19-2)13(17-10-18)9-14(15,16)8-12-6-4-3-5-7-12/h3-7,10,13H,1,8-9H2,2H3,(H,17,18). The second kappa shape index (κ2) is 6.87. The van der Waals surface area contributed by atoms with Crippen molar-refractivity contribution in [3.05, 3.63) is 48.2 Å². The predicted molar refractivity (Wildman–Crippen MR) is 68.8 cm³/mol. The smallest absolute Gasteiger partial charge is 0.254 e. The lowest BCUT2D eigenvalue weighted by molar-refractivity contribution is -0.110. The molecule has 1 unspecified atom stereocenters. The molecule has 0 spiro atoms. The van der Waals surface area contributed by atoms with Gasteiger partial charge in [0, 0.05) is 12.8 Å². The van der Waals surface area contributed by atoms with Crippen LogP contribution in [0.5, 0.6) is 0 Å². The highest BCUT2D eigenvalue weighted by atomic mass is 19.3. The minimum absolute atomic E-state index is 0.111. The van der Waals surface area contributed by atoms with E-state index in [-0.39, 0.29) is 12.2 Å². The quantitative estimate of drug-likeness (QED) is 0.582. The largest absolute Gasteiger partial charge is 0.500 e. The summed E-state index contributed by atoms with van der Waals surface area (Å²) in [5, 5.41) is 2.29. The number of hydrogen-bond donors (Lipinski definition) is 1. The number of carbonyl (C=O) groups is 1. The number of benzene rings is 1. The van der Waals surface area contributed by atoms with Crippen LogP contribution in [-0.2, 0) is 16.0 Å². The van der Waals surface area contributed by atoms with Gasteiger partial charge in [0.05, 0.1) is 13.2 Å². The van der Waals surface area contributed by atoms with E-state index in [0.717, 1.165) is 0 Å². The number of carbonyl (C=O) groups excluding carboxylic acids is 1. The van der Waals surface area contributed by atoms with E-state index in [1.807, 2.05) is 0 Å². The zero-order valence-electron chi connectivity index (χ0n) is 10.7. The average molecular weight is 269 g/mol. The van der Waals surface area contributed by atoms with Gasteiger partial charge >= 0.3 is 0 Å². The number of rotatable bonds is 8. The molecule has 0 bridgehead atoms. The average Bonchev–Trinajstić information content (AvgIpc) is 2.37. The number of amides is 1. The normalized spacial score (nSPS) is 12.6. The van der Waals surface area contributed by atoms with E-state index in [1.165, 1.54) is 7.11 Å². The maximum atomic E-state index is 13.9. The van der Waals surface area contributed by atoms with Crippen molar-refractivity contribution in [2.24, 2.45) is 0 Å².